The molecule has 1 saturated heterocycles. The molecule has 1 aliphatic rings. The minimum absolute atomic E-state index is 0.00469. The smallest absolute Gasteiger partial charge is 0.274 e. The van der Waals surface area contributed by atoms with Gasteiger partial charge in [0.05, 0.1) is 16.8 Å². The van der Waals surface area contributed by atoms with Crippen molar-refractivity contribution in [1.29, 1.82) is 5.26 Å². The summed E-state index contributed by atoms with van der Waals surface area (Å²) in [5.74, 6) is -1.03. The van der Waals surface area contributed by atoms with Crippen molar-refractivity contribution < 1.29 is 22.8 Å². The van der Waals surface area contributed by atoms with E-state index in [-0.39, 0.29) is 24.1 Å². The van der Waals surface area contributed by atoms with E-state index in [4.69, 9.17) is 5.26 Å². The van der Waals surface area contributed by atoms with E-state index in [0.717, 1.165) is 17.0 Å². The van der Waals surface area contributed by atoms with Gasteiger partial charge in [0.25, 0.3) is 0 Å². The quantitative estimate of drug-likeness (QED) is 0.734. The molecule has 2 rings (SSSR count). The van der Waals surface area contributed by atoms with Gasteiger partial charge in [-0.25, -0.2) is 4.90 Å². The SMILES string of the molecule is N#Cc1cc(C(F)(F)F)ccc1N1C(=O)CCC1=O. The van der Waals surface area contributed by atoms with Crippen LogP contribution in [-0.4, -0.2) is 11.8 Å². The predicted octanol–water partition coefficient (Wildman–Crippen LogP) is 2.23. The summed E-state index contributed by atoms with van der Waals surface area (Å²) in [5, 5.41) is 8.87. The summed E-state index contributed by atoms with van der Waals surface area (Å²) in [5.41, 5.74) is -1.44. The molecule has 4 nitrogen and oxygen atoms in total. The number of alkyl halides is 3. The second-order valence-electron chi connectivity index (χ2n) is 3.96. The fourth-order valence-corrected chi connectivity index (χ4v) is 1.84. The Labute approximate surface area is 106 Å². The Morgan fingerprint density at radius 3 is 2.21 bits per heavy atom. The minimum Gasteiger partial charge on any atom is -0.274 e. The van der Waals surface area contributed by atoms with Gasteiger partial charge < -0.3 is 0 Å². The molecule has 19 heavy (non-hydrogen) atoms. The van der Waals surface area contributed by atoms with Crippen molar-refractivity contribution in [1.82, 2.24) is 0 Å². The van der Waals surface area contributed by atoms with Gasteiger partial charge in [0.1, 0.15) is 6.07 Å². The molecule has 98 valence electrons. The van der Waals surface area contributed by atoms with Gasteiger partial charge in [-0.3, -0.25) is 9.59 Å². The molecule has 7 heteroatoms. The van der Waals surface area contributed by atoms with Crippen LogP contribution >= 0.6 is 0 Å². The first-order valence-corrected chi connectivity index (χ1v) is 5.31. The van der Waals surface area contributed by atoms with E-state index in [1.54, 1.807) is 6.07 Å². The number of carbonyl (C=O) groups is 2. The molecule has 1 aliphatic heterocycles. The number of nitriles is 1. The van der Waals surface area contributed by atoms with Crippen molar-refractivity contribution >= 4 is 17.5 Å². The molecule has 1 fully saturated rings. The van der Waals surface area contributed by atoms with Crippen molar-refractivity contribution in [3.05, 3.63) is 29.3 Å². The third-order valence-corrected chi connectivity index (χ3v) is 2.74. The Balaban J connectivity index is 2.51. The van der Waals surface area contributed by atoms with Crippen molar-refractivity contribution in [2.24, 2.45) is 0 Å². The Bertz CT molecular complexity index is 586. The number of hydrogen-bond donors (Lipinski definition) is 0. The molecule has 0 saturated carbocycles. The van der Waals surface area contributed by atoms with E-state index in [0.29, 0.717) is 6.07 Å². The topological polar surface area (TPSA) is 61.2 Å². The lowest BCUT2D eigenvalue weighted by atomic mass is 10.1. The fourth-order valence-electron chi connectivity index (χ4n) is 1.84. The zero-order valence-electron chi connectivity index (χ0n) is 9.49. The number of rotatable bonds is 1. The van der Waals surface area contributed by atoms with Gasteiger partial charge in [-0.05, 0) is 18.2 Å². The zero-order chi connectivity index (χ0) is 14.2. The number of nitrogens with zero attached hydrogens (tertiary/aromatic N) is 2. The molecule has 1 aromatic carbocycles. The molecule has 0 spiro atoms. The normalized spacial score (nSPS) is 15.8. The van der Waals surface area contributed by atoms with Crippen LogP contribution in [0.15, 0.2) is 18.2 Å². The molecule has 1 heterocycles. The average molecular weight is 268 g/mol. The predicted molar refractivity (Wildman–Crippen MR) is 57.9 cm³/mol. The highest BCUT2D eigenvalue weighted by Crippen LogP contribution is 2.34. The van der Waals surface area contributed by atoms with Crippen molar-refractivity contribution in [3.8, 4) is 6.07 Å². The van der Waals surface area contributed by atoms with Gasteiger partial charge in [-0.1, -0.05) is 0 Å². The van der Waals surface area contributed by atoms with Crippen LogP contribution in [0.25, 0.3) is 0 Å². The highest BCUT2D eigenvalue weighted by molar-refractivity contribution is 6.20. The van der Waals surface area contributed by atoms with Crippen LogP contribution in [0.3, 0.4) is 0 Å². The van der Waals surface area contributed by atoms with Gasteiger partial charge in [-0.2, -0.15) is 18.4 Å². The van der Waals surface area contributed by atoms with E-state index in [9.17, 15) is 22.8 Å². The number of anilines is 1. The summed E-state index contributed by atoms with van der Waals surface area (Å²) < 4.78 is 37.5. The molecule has 0 N–H and O–H groups in total. The summed E-state index contributed by atoms with van der Waals surface area (Å²) in [6.45, 7) is 0. The molecule has 0 bridgehead atoms. The van der Waals surface area contributed by atoms with Gasteiger partial charge in [0.15, 0.2) is 0 Å². The Hall–Kier alpha value is -2.36. The van der Waals surface area contributed by atoms with Gasteiger partial charge in [0, 0.05) is 12.8 Å². The lowest BCUT2D eigenvalue weighted by Crippen LogP contribution is -2.29. The molecule has 0 unspecified atom stereocenters. The summed E-state index contributed by atoms with van der Waals surface area (Å²) in [6.07, 6.45) is -4.57. The van der Waals surface area contributed by atoms with Gasteiger partial charge in [0.2, 0.25) is 11.8 Å². The Kier molecular flexibility index (Phi) is 3.02. The van der Waals surface area contributed by atoms with Crippen LogP contribution in [0.2, 0.25) is 0 Å². The molecule has 0 aromatic heterocycles. The maximum Gasteiger partial charge on any atom is 0.416 e. The summed E-state index contributed by atoms with van der Waals surface area (Å²) >= 11 is 0. The second-order valence-corrected chi connectivity index (χ2v) is 3.96. The number of imide groups is 1. The van der Waals surface area contributed by atoms with Gasteiger partial charge >= 0.3 is 6.18 Å². The van der Waals surface area contributed by atoms with Crippen molar-refractivity contribution in [2.75, 3.05) is 4.90 Å². The maximum absolute atomic E-state index is 12.5. The molecule has 0 atom stereocenters. The number of amides is 2. The molecule has 0 radical (unpaired) electrons. The highest BCUT2D eigenvalue weighted by Gasteiger charge is 2.35. The third kappa shape index (κ3) is 2.29. The van der Waals surface area contributed by atoms with E-state index >= 15 is 0 Å². The largest absolute Gasteiger partial charge is 0.416 e. The second kappa shape index (κ2) is 4.39. The third-order valence-electron chi connectivity index (χ3n) is 2.74. The van der Waals surface area contributed by atoms with Crippen LogP contribution < -0.4 is 4.90 Å². The monoisotopic (exact) mass is 268 g/mol. The first kappa shape index (κ1) is 13.1. The minimum atomic E-state index is -4.58. The number of halogens is 3. The molecule has 2 amide bonds. The summed E-state index contributed by atoms with van der Waals surface area (Å²) in [4.78, 5) is 23.8. The Morgan fingerprint density at radius 1 is 1.16 bits per heavy atom. The van der Waals surface area contributed by atoms with E-state index in [1.807, 2.05) is 0 Å². The van der Waals surface area contributed by atoms with Crippen LogP contribution in [0.5, 0.6) is 0 Å². The van der Waals surface area contributed by atoms with Crippen LogP contribution in [0.4, 0.5) is 18.9 Å². The number of benzene rings is 1. The zero-order valence-corrected chi connectivity index (χ0v) is 9.49. The van der Waals surface area contributed by atoms with Crippen LogP contribution in [-0.2, 0) is 15.8 Å². The fraction of sp³-hybridized carbons (Fsp3) is 0.250. The highest BCUT2D eigenvalue weighted by atomic mass is 19.4. The molecular formula is C12H7F3N2O2. The van der Waals surface area contributed by atoms with E-state index in [2.05, 4.69) is 0 Å². The van der Waals surface area contributed by atoms with Crippen molar-refractivity contribution in [3.63, 3.8) is 0 Å². The lowest BCUT2D eigenvalue weighted by Gasteiger charge is -2.16. The first-order valence-electron chi connectivity index (χ1n) is 5.31. The maximum atomic E-state index is 12.5. The molecule has 0 aliphatic carbocycles. The summed E-state index contributed by atoms with van der Waals surface area (Å²) in [6, 6.07) is 3.93. The van der Waals surface area contributed by atoms with Crippen molar-refractivity contribution in [2.45, 2.75) is 19.0 Å². The average Bonchev–Trinajstić information content (AvgIpc) is 2.67. The van der Waals surface area contributed by atoms with Crippen LogP contribution in [0, 0.1) is 11.3 Å². The standard InChI is InChI=1S/C12H7F3N2O2/c13-12(14,15)8-1-2-9(7(5-8)6-16)17-10(18)3-4-11(17)19/h1-2,5H,3-4H2. The lowest BCUT2D eigenvalue weighted by molar-refractivity contribution is -0.137. The number of carbonyl (C=O) groups excluding carboxylic acids is 2. The van der Waals surface area contributed by atoms with E-state index in [1.165, 1.54) is 0 Å². The molecular weight excluding hydrogens is 261 g/mol. The van der Waals surface area contributed by atoms with Crippen LogP contribution in [0.1, 0.15) is 24.0 Å². The summed E-state index contributed by atoms with van der Waals surface area (Å²) in [7, 11) is 0. The Morgan fingerprint density at radius 2 is 1.74 bits per heavy atom. The van der Waals surface area contributed by atoms with E-state index < -0.39 is 23.6 Å². The molecule has 1 aromatic rings. The van der Waals surface area contributed by atoms with Gasteiger partial charge in [-0.15, -0.1) is 0 Å². The first-order chi connectivity index (χ1) is 8.84. The number of hydrogen-bond acceptors (Lipinski definition) is 3.